The highest BCUT2D eigenvalue weighted by atomic mass is 19.2. The number of benzene rings is 1. The molecule has 0 bridgehead atoms. The summed E-state index contributed by atoms with van der Waals surface area (Å²) >= 11 is 0. The minimum absolute atomic E-state index is 0.0847. The first kappa shape index (κ1) is 14.7. The molecule has 110 valence electrons. The Bertz CT molecular complexity index is 522. The largest absolute Gasteiger partial charge is 0.465 e. The zero-order valence-electron chi connectivity index (χ0n) is 11.5. The second-order valence-electron chi connectivity index (χ2n) is 5.09. The van der Waals surface area contributed by atoms with E-state index in [4.69, 9.17) is 5.73 Å². The van der Waals surface area contributed by atoms with Crippen LogP contribution in [-0.2, 0) is 4.74 Å². The minimum atomic E-state index is -1.17. The highest BCUT2D eigenvalue weighted by Gasteiger charge is 2.31. The molecule has 1 aromatic carbocycles. The maximum atomic E-state index is 14.2. The minimum Gasteiger partial charge on any atom is -0.465 e. The normalized spacial score (nSPS) is 22.1. The molecule has 6 heteroatoms. The monoisotopic (exact) mass is 284 g/mol. The quantitative estimate of drug-likeness (QED) is 0.862. The molecular formula is C14H18F2N2O2. The number of esters is 1. The Morgan fingerprint density at radius 1 is 1.45 bits per heavy atom. The maximum Gasteiger partial charge on any atom is 0.340 e. The third-order valence-electron chi connectivity index (χ3n) is 3.77. The standard InChI is InChI=1S/C14H18F2N2O2/c1-8-5-9(6-17)7-18(8)11-4-3-10(14(19)20-2)12(15)13(11)16/h3-4,8-9H,5-7,17H2,1-2H3. The van der Waals surface area contributed by atoms with Gasteiger partial charge in [-0.1, -0.05) is 0 Å². The molecule has 0 saturated carbocycles. The fraction of sp³-hybridized carbons (Fsp3) is 0.500. The van der Waals surface area contributed by atoms with Crippen molar-refractivity contribution >= 4 is 11.7 Å². The summed E-state index contributed by atoms with van der Waals surface area (Å²) in [6, 6.07) is 2.75. The average Bonchev–Trinajstić information content (AvgIpc) is 2.82. The number of hydrogen-bond acceptors (Lipinski definition) is 4. The first-order valence-corrected chi connectivity index (χ1v) is 6.52. The molecule has 1 aromatic rings. The van der Waals surface area contributed by atoms with Crippen molar-refractivity contribution in [2.45, 2.75) is 19.4 Å². The zero-order valence-corrected chi connectivity index (χ0v) is 11.5. The topological polar surface area (TPSA) is 55.6 Å². The molecule has 1 saturated heterocycles. The fourth-order valence-corrected chi connectivity index (χ4v) is 2.68. The molecule has 4 nitrogen and oxygen atoms in total. The van der Waals surface area contributed by atoms with Gasteiger partial charge in [-0.3, -0.25) is 0 Å². The van der Waals surface area contributed by atoms with Crippen LogP contribution < -0.4 is 10.6 Å². The Hall–Kier alpha value is -1.69. The van der Waals surface area contributed by atoms with E-state index in [2.05, 4.69) is 4.74 Å². The van der Waals surface area contributed by atoms with Crippen LogP contribution in [0.4, 0.5) is 14.5 Å². The number of nitrogens with two attached hydrogens (primary N) is 1. The molecule has 1 fully saturated rings. The van der Waals surface area contributed by atoms with Crippen LogP contribution in [0.2, 0.25) is 0 Å². The summed E-state index contributed by atoms with van der Waals surface area (Å²) in [6.45, 7) is 3.05. The summed E-state index contributed by atoms with van der Waals surface area (Å²) in [5.41, 5.74) is 5.40. The van der Waals surface area contributed by atoms with E-state index >= 15 is 0 Å². The van der Waals surface area contributed by atoms with Gasteiger partial charge in [0, 0.05) is 12.6 Å². The molecule has 0 aliphatic carbocycles. The average molecular weight is 284 g/mol. The number of halogens is 2. The molecule has 0 radical (unpaired) electrons. The van der Waals surface area contributed by atoms with Crippen LogP contribution in [0.3, 0.4) is 0 Å². The number of ether oxygens (including phenoxy) is 1. The van der Waals surface area contributed by atoms with Gasteiger partial charge in [0.15, 0.2) is 11.6 Å². The summed E-state index contributed by atoms with van der Waals surface area (Å²) in [4.78, 5) is 13.1. The molecule has 1 aliphatic heterocycles. The number of methoxy groups -OCH3 is 1. The van der Waals surface area contributed by atoms with Gasteiger partial charge < -0.3 is 15.4 Å². The number of rotatable bonds is 3. The lowest BCUT2D eigenvalue weighted by Gasteiger charge is -2.24. The van der Waals surface area contributed by atoms with Crippen molar-refractivity contribution in [3.05, 3.63) is 29.3 Å². The van der Waals surface area contributed by atoms with Crippen LogP contribution in [0.1, 0.15) is 23.7 Å². The molecule has 2 atom stereocenters. The van der Waals surface area contributed by atoms with E-state index in [0.717, 1.165) is 13.5 Å². The van der Waals surface area contributed by atoms with Crippen molar-refractivity contribution in [2.75, 3.05) is 25.1 Å². The van der Waals surface area contributed by atoms with Gasteiger partial charge in [0.25, 0.3) is 0 Å². The Kier molecular flexibility index (Phi) is 4.23. The zero-order chi connectivity index (χ0) is 14.9. The number of carbonyl (C=O) groups is 1. The fourth-order valence-electron chi connectivity index (χ4n) is 2.68. The molecular weight excluding hydrogens is 266 g/mol. The van der Waals surface area contributed by atoms with Crippen LogP contribution in [0.15, 0.2) is 12.1 Å². The summed E-state index contributed by atoms with van der Waals surface area (Å²) in [5.74, 6) is -2.80. The van der Waals surface area contributed by atoms with Crippen molar-refractivity contribution in [2.24, 2.45) is 11.7 Å². The van der Waals surface area contributed by atoms with Gasteiger partial charge in [0.05, 0.1) is 18.4 Å². The first-order chi connectivity index (χ1) is 9.49. The third kappa shape index (κ3) is 2.47. The molecule has 0 spiro atoms. The molecule has 20 heavy (non-hydrogen) atoms. The van der Waals surface area contributed by atoms with E-state index in [1.807, 2.05) is 6.92 Å². The van der Waals surface area contributed by atoms with Crippen molar-refractivity contribution < 1.29 is 18.3 Å². The predicted octanol–water partition coefficient (Wildman–Crippen LogP) is 1.92. The molecule has 0 amide bonds. The molecule has 1 heterocycles. The van der Waals surface area contributed by atoms with Gasteiger partial charge in [-0.15, -0.1) is 0 Å². The van der Waals surface area contributed by atoms with Gasteiger partial charge >= 0.3 is 5.97 Å². The molecule has 1 aliphatic rings. The molecule has 0 aromatic heterocycles. The van der Waals surface area contributed by atoms with Gasteiger partial charge in [0.2, 0.25) is 0 Å². The lowest BCUT2D eigenvalue weighted by molar-refractivity contribution is 0.0594. The Morgan fingerprint density at radius 2 is 2.15 bits per heavy atom. The first-order valence-electron chi connectivity index (χ1n) is 6.52. The predicted molar refractivity (Wildman–Crippen MR) is 71.7 cm³/mol. The highest BCUT2D eigenvalue weighted by Crippen LogP contribution is 2.32. The van der Waals surface area contributed by atoms with Crippen LogP contribution in [-0.4, -0.2) is 32.2 Å². The van der Waals surface area contributed by atoms with E-state index in [1.54, 1.807) is 4.90 Å². The lowest BCUT2D eigenvalue weighted by Crippen LogP contribution is -2.29. The summed E-state index contributed by atoms with van der Waals surface area (Å²) < 4.78 is 32.5. The van der Waals surface area contributed by atoms with Crippen LogP contribution in [0.25, 0.3) is 0 Å². The van der Waals surface area contributed by atoms with Crippen molar-refractivity contribution in [3.63, 3.8) is 0 Å². The second kappa shape index (κ2) is 5.75. The number of anilines is 1. The van der Waals surface area contributed by atoms with Crippen molar-refractivity contribution in [3.8, 4) is 0 Å². The van der Waals surface area contributed by atoms with Crippen LogP contribution in [0, 0.1) is 17.6 Å². The number of nitrogens with zero attached hydrogens (tertiary/aromatic N) is 1. The van der Waals surface area contributed by atoms with Gasteiger partial charge in [-0.2, -0.15) is 0 Å². The van der Waals surface area contributed by atoms with Crippen LogP contribution >= 0.6 is 0 Å². The van der Waals surface area contributed by atoms with Gasteiger partial charge in [-0.25, -0.2) is 13.6 Å². The lowest BCUT2D eigenvalue weighted by atomic mass is 10.1. The Labute approximate surface area is 116 Å². The van der Waals surface area contributed by atoms with E-state index in [9.17, 15) is 13.6 Å². The van der Waals surface area contributed by atoms with E-state index < -0.39 is 23.2 Å². The second-order valence-corrected chi connectivity index (χ2v) is 5.09. The molecule has 2 N–H and O–H groups in total. The SMILES string of the molecule is COC(=O)c1ccc(N2CC(CN)CC2C)c(F)c1F. The van der Waals surface area contributed by atoms with Crippen molar-refractivity contribution in [1.82, 2.24) is 0 Å². The summed E-state index contributed by atoms with van der Waals surface area (Å²) in [6.07, 6.45) is 0.844. The maximum absolute atomic E-state index is 14.2. The van der Waals surface area contributed by atoms with E-state index in [1.165, 1.54) is 12.1 Å². The summed E-state index contributed by atoms with van der Waals surface area (Å²) in [7, 11) is 1.13. The third-order valence-corrected chi connectivity index (χ3v) is 3.77. The summed E-state index contributed by atoms with van der Waals surface area (Å²) in [5, 5.41) is 0. The van der Waals surface area contributed by atoms with Crippen molar-refractivity contribution in [1.29, 1.82) is 0 Å². The van der Waals surface area contributed by atoms with Crippen LogP contribution in [0.5, 0.6) is 0 Å². The molecule has 2 rings (SSSR count). The smallest absolute Gasteiger partial charge is 0.340 e. The number of carbonyl (C=O) groups excluding carboxylic acids is 1. The van der Waals surface area contributed by atoms with Gasteiger partial charge in [-0.05, 0) is 37.9 Å². The van der Waals surface area contributed by atoms with E-state index in [0.29, 0.717) is 13.1 Å². The number of hydrogen-bond donors (Lipinski definition) is 1. The Balaban J connectivity index is 2.35. The molecule has 2 unspecified atom stereocenters. The highest BCUT2D eigenvalue weighted by molar-refractivity contribution is 5.90. The van der Waals surface area contributed by atoms with Gasteiger partial charge in [0.1, 0.15) is 0 Å². The van der Waals surface area contributed by atoms with E-state index in [-0.39, 0.29) is 17.6 Å². The Morgan fingerprint density at radius 3 is 2.70 bits per heavy atom.